The third kappa shape index (κ3) is 5.88. The van der Waals surface area contributed by atoms with Crippen LogP contribution in [0, 0.1) is 0 Å². The summed E-state index contributed by atoms with van der Waals surface area (Å²) in [6, 6.07) is 6.06. The lowest BCUT2D eigenvalue weighted by atomic mass is 9.95. The van der Waals surface area contributed by atoms with Gasteiger partial charge in [-0.1, -0.05) is 25.3 Å². The molecule has 112 valence electrons. The topological polar surface area (TPSA) is 54.0 Å². The van der Waals surface area contributed by atoms with Gasteiger partial charge in [-0.2, -0.15) is 0 Å². The molecule has 1 aliphatic rings. The molecule has 1 amide bonds. The standard InChI is InChI=1S/C15H23N3O.ClH/c19-15(14-9-4-5-10-17-14)18-12-6-11-16-13-7-2-1-3-8-13;/h4-5,9-10,13,16H,1-3,6-8,11-12H2,(H,18,19);1H. The number of carbonyl (C=O) groups excluding carboxylic acids is 1. The van der Waals surface area contributed by atoms with E-state index in [9.17, 15) is 4.79 Å². The van der Waals surface area contributed by atoms with E-state index < -0.39 is 0 Å². The van der Waals surface area contributed by atoms with Crippen molar-refractivity contribution < 1.29 is 4.79 Å². The first-order valence-corrected chi connectivity index (χ1v) is 7.29. The zero-order valence-corrected chi connectivity index (χ0v) is 12.6. The van der Waals surface area contributed by atoms with Gasteiger partial charge in [0.15, 0.2) is 0 Å². The predicted octanol–water partition coefficient (Wildman–Crippen LogP) is 2.55. The number of hydrogen-bond donors (Lipinski definition) is 2. The van der Waals surface area contributed by atoms with Gasteiger partial charge in [0.25, 0.3) is 5.91 Å². The predicted molar refractivity (Wildman–Crippen MR) is 83.3 cm³/mol. The fourth-order valence-corrected chi connectivity index (χ4v) is 2.49. The lowest BCUT2D eigenvalue weighted by Crippen LogP contribution is -2.34. The van der Waals surface area contributed by atoms with Crippen LogP contribution in [0.5, 0.6) is 0 Å². The highest BCUT2D eigenvalue weighted by Crippen LogP contribution is 2.17. The quantitative estimate of drug-likeness (QED) is 0.794. The Morgan fingerprint density at radius 3 is 2.70 bits per heavy atom. The number of amides is 1. The smallest absolute Gasteiger partial charge is 0.269 e. The van der Waals surface area contributed by atoms with E-state index in [-0.39, 0.29) is 18.3 Å². The number of carbonyl (C=O) groups is 1. The lowest BCUT2D eigenvalue weighted by Gasteiger charge is -2.22. The number of aromatic nitrogens is 1. The summed E-state index contributed by atoms with van der Waals surface area (Å²) in [6.45, 7) is 1.68. The van der Waals surface area contributed by atoms with E-state index in [0.29, 0.717) is 18.3 Å². The summed E-state index contributed by atoms with van der Waals surface area (Å²) in [6.07, 6.45) is 9.32. The zero-order chi connectivity index (χ0) is 13.3. The van der Waals surface area contributed by atoms with Crippen molar-refractivity contribution in [1.29, 1.82) is 0 Å². The van der Waals surface area contributed by atoms with E-state index >= 15 is 0 Å². The van der Waals surface area contributed by atoms with Crippen molar-refractivity contribution in [1.82, 2.24) is 15.6 Å². The summed E-state index contributed by atoms with van der Waals surface area (Å²) < 4.78 is 0. The van der Waals surface area contributed by atoms with Crippen molar-refractivity contribution in [2.75, 3.05) is 13.1 Å². The molecule has 2 rings (SSSR count). The van der Waals surface area contributed by atoms with Crippen LogP contribution in [0.25, 0.3) is 0 Å². The molecular formula is C15H24ClN3O. The molecule has 4 nitrogen and oxygen atoms in total. The summed E-state index contributed by atoms with van der Waals surface area (Å²) in [5, 5.41) is 6.46. The minimum atomic E-state index is -0.0849. The van der Waals surface area contributed by atoms with Crippen LogP contribution in [0.15, 0.2) is 24.4 Å². The maximum absolute atomic E-state index is 11.7. The minimum absolute atomic E-state index is 0. The van der Waals surface area contributed by atoms with Gasteiger partial charge in [-0.05, 0) is 37.9 Å². The first-order chi connectivity index (χ1) is 9.36. The van der Waals surface area contributed by atoms with Crippen molar-refractivity contribution in [3.63, 3.8) is 0 Å². The Kier molecular flexibility index (Phi) is 8.23. The highest BCUT2D eigenvalue weighted by molar-refractivity contribution is 5.92. The Morgan fingerprint density at radius 2 is 2.00 bits per heavy atom. The molecule has 0 atom stereocenters. The molecule has 5 heteroatoms. The van der Waals surface area contributed by atoms with Gasteiger partial charge in [-0.15, -0.1) is 12.4 Å². The fraction of sp³-hybridized carbons (Fsp3) is 0.600. The first kappa shape index (κ1) is 16.9. The summed E-state index contributed by atoms with van der Waals surface area (Å²) in [5.74, 6) is -0.0849. The molecule has 0 bridgehead atoms. The maximum Gasteiger partial charge on any atom is 0.269 e. The van der Waals surface area contributed by atoms with Crippen molar-refractivity contribution in [2.24, 2.45) is 0 Å². The molecule has 20 heavy (non-hydrogen) atoms. The molecule has 1 fully saturated rings. The van der Waals surface area contributed by atoms with Gasteiger partial charge in [-0.25, -0.2) is 0 Å². The molecule has 0 aliphatic heterocycles. The van der Waals surface area contributed by atoms with E-state index in [2.05, 4.69) is 15.6 Å². The van der Waals surface area contributed by atoms with Gasteiger partial charge in [0, 0.05) is 18.8 Å². The third-order valence-electron chi connectivity index (χ3n) is 3.57. The third-order valence-corrected chi connectivity index (χ3v) is 3.57. The largest absolute Gasteiger partial charge is 0.351 e. The number of nitrogens with one attached hydrogen (secondary N) is 2. The normalized spacial score (nSPS) is 15.4. The monoisotopic (exact) mass is 297 g/mol. The van der Waals surface area contributed by atoms with Gasteiger partial charge >= 0.3 is 0 Å². The van der Waals surface area contributed by atoms with Crippen LogP contribution in [0.4, 0.5) is 0 Å². The van der Waals surface area contributed by atoms with E-state index in [1.807, 2.05) is 12.1 Å². The summed E-state index contributed by atoms with van der Waals surface area (Å²) in [7, 11) is 0. The summed E-state index contributed by atoms with van der Waals surface area (Å²) >= 11 is 0. The van der Waals surface area contributed by atoms with E-state index in [1.54, 1.807) is 12.3 Å². The molecule has 0 spiro atoms. The van der Waals surface area contributed by atoms with Crippen molar-refractivity contribution in [3.05, 3.63) is 30.1 Å². The van der Waals surface area contributed by atoms with Crippen LogP contribution in [-0.2, 0) is 0 Å². The SMILES string of the molecule is Cl.O=C(NCCCNC1CCCCC1)c1ccccn1. The summed E-state index contributed by atoms with van der Waals surface area (Å²) in [4.78, 5) is 15.7. The fourth-order valence-electron chi connectivity index (χ4n) is 2.49. The second-order valence-electron chi connectivity index (χ2n) is 5.11. The van der Waals surface area contributed by atoms with Gasteiger partial charge in [0.05, 0.1) is 0 Å². The molecule has 0 aromatic carbocycles. The van der Waals surface area contributed by atoms with Crippen molar-refractivity contribution >= 4 is 18.3 Å². The molecule has 1 aromatic rings. The maximum atomic E-state index is 11.7. The lowest BCUT2D eigenvalue weighted by molar-refractivity contribution is 0.0948. The number of rotatable bonds is 6. The van der Waals surface area contributed by atoms with Crippen LogP contribution >= 0.6 is 12.4 Å². The molecule has 1 saturated carbocycles. The number of halogens is 1. The highest BCUT2D eigenvalue weighted by Gasteiger charge is 2.11. The molecule has 0 unspecified atom stereocenters. The zero-order valence-electron chi connectivity index (χ0n) is 11.8. The Bertz CT molecular complexity index is 380. The highest BCUT2D eigenvalue weighted by atomic mass is 35.5. The van der Waals surface area contributed by atoms with Crippen LogP contribution in [-0.4, -0.2) is 30.0 Å². The molecule has 0 radical (unpaired) electrons. The van der Waals surface area contributed by atoms with E-state index in [1.165, 1.54) is 32.1 Å². The van der Waals surface area contributed by atoms with Gasteiger partial charge < -0.3 is 10.6 Å². The first-order valence-electron chi connectivity index (χ1n) is 7.29. The summed E-state index contributed by atoms with van der Waals surface area (Å²) in [5.41, 5.74) is 0.489. The number of pyridine rings is 1. The van der Waals surface area contributed by atoms with Crippen LogP contribution in [0.1, 0.15) is 49.0 Å². The molecule has 1 aromatic heterocycles. The van der Waals surface area contributed by atoms with Crippen LogP contribution in [0.3, 0.4) is 0 Å². The Hall–Kier alpha value is -1.13. The second kappa shape index (κ2) is 9.72. The van der Waals surface area contributed by atoms with E-state index in [0.717, 1.165) is 13.0 Å². The Morgan fingerprint density at radius 1 is 1.20 bits per heavy atom. The number of nitrogens with zero attached hydrogens (tertiary/aromatic N) is 1. The van der Waals surface area contributed by atoms with Gasteiger partial charge in [-0.3, -0.25) is 9.78 Å². The average molecular weight is 298 g/mol. The second-order valence-corrected chi connectivity index (χ2v) is 5.11. The van der Waals surface area contributed by atoms with Crippen LogP contribution < -0.4 is 10.6 Å². The van der Waals surface area contributed by atoms with E-state index in [4.69, 9.17) is 0 Å². The molecular weight excluding hydrogens is 274 g/mol. The van der Waals surface area contributed by atoms with Gasteiger partial charge in [0.1, 0.15) is 5.69 Å². The van der Waals surface area contributed by atoms with Gasteiger partial charge in [0.2, 0.25) is 0 Å². The Labute approximate surface area is 127 Å². The molecule has 2 N–H and O–H groups in total. The average Bonchev–Trinajstić information content (AvgIpc) is 2.49. The minimum Gasteiger partial charge on any atom is -0.351 e. The molecule has 1 aliphatic carbocycles. The van der Waals surface area contributed by atoms with Crippen molar-refractivity contribution in [2.45, 2.75) is 44.6 Å². The number of hydrogen-bond acceptors (Lipinski definition) is 3. The Balaban J connectivity index is 0.00000200. The van der Waals surface area contributed by atoms with Crippen LogP contribution in [0.2, 0.25) is 0 Å². The van der Waals surface area contributed by atoms with Crippen molar-refractivity contribution in [3.8, 4) is 0 Å². The molecule has 1 heterocycles. The molecule has 0 saturated heterocycles.